The SMILES string of the molecule is CCCC1CCCOC1O. The van der Waals surface area contributed by atoms with E-state index in [2.05, 4.69) is 6.92 Å². The number of hydrogen-bond donors (Lipinski definition) is 1. The van der Waals surface area contributed by atoms with Crippen molar-refractivity contribution in [3.05, 3.63) is 0 Å². The van der Waals surface area contributed by atoms with Gasteiger partial charge in [-0.3, -0.25) is 0 Å². The van der Waals surface area contributed by atoms with Crippen LogP contribution in [0.25, 0.3) is 0 Å². The summed E-state index contributed by atoms with van der Waals surface area (Å²) in [6, 6.07) is 0. The molecule has 10 heavy (non-hydrogen) atoms. The lowest BCUT2D eigenvalue weighted by atomic mass is 9.96. The van der Waals surface area contributed by atoms with Crippen LogP contribution in [0, 0.1) is 5.92 Å². The van der Waals surface area contributed by atoms with Crippen molar-refractivity contribution in [1.82, 2.24) is 0 Å². The van der Waals surface area contributed by atoms with Crippen molar-refractivity contribution in [2.45, 2.75) is 38.9 Å². The number of ether oxygens (including phenoxy) is 1. The van der Waals surface area contributed by atoms with E-state index in [0.717, 1.165) is 32.3 Å². The Labute approximate surface area is 62.2 Å². The zero-order valence-electron chi connectivity index (χ0n) is 6.55. The maximum absolute atomic E-state index is 9.28. The summed E-state index contributed by atoms with van der Waals surface area (Å²) in [4.78, 5) is 0. The van der Waals surface area contributed by atoms with Crippen LogP contribution < -0.4 is 0 Å². The molecule has 0 aliphatic carbocycles. The van der Waals surface area contributed by atoms with E-state index in [4.69, 9.17) is 4.74 Å². The zero-order valence-corrected chi connectivity index (χ0v) is 6.55. The maximum atomic E-state index is 9.28. The molecule has 2 heteroatoms. The van der Waals surface area contributed by atoms with Gasteiger partial charge in [0.05, 0.1) is 0 Å². The van der Waals surface area contributed by atoms with Crippen molar-refractivity contribution in [2.24, 2.45) is 5.92 Å². The third-order valence-electron chi connectivity index (χ3n) is 2.07. The van der Waals surface area contributed by atoms with Gasteiger partial charge >= 0.3 is 0 Å². The highest BCUT2D eigenvalue weighted by atomic mass is 16.6. The van der Waals surface area contributed by atoms with E-state index in [1.807, 2.05) is 0 Å². The summed E-state index contributed by atoms with van der Waals surface area (Å²) in [6.45, 7) is 2.88. The Balaban J connectivity index is 2.25. The first-order valence-electron chi connectivity index (χ1n) is 4.14. The van der Waals surface area contributed by atoms with E-state index in [-0.39, 0.29) is 0 Å². The third-order valence-corrected chi connectivity index (χ3v) is 2.07. The molecule has 0 saturated carbocycles. The van der Waals surface area contributed by atoms with Crippen molar-refractivity contribution >= 4 is 0 Å². The molecule has 2 unspecified atom stereocenters. The summed E-state index contributed by atoms with van der Waals surface area (Å²) in [5.74, 6) is 0.402. The Kier molecular flexibility index (Phi) is 3.16. The average Bonchev–Trinajstić information content (AvgIpc) is 1.94. The first kappa shape index (κ1) is 8.02. The fraction of sp³-hybridized carbons (Fsp3) is 1.00. The number of aliphatic hydroxyl groups is 1. The molecule has 1 rings (SSSR count). The van der Waals surface area contributed by atoms with Gasteiger partial charge in [-0.15, -0.1) is 0 Å². The van der Waals surface area contributed by atoms with Crippen molar-refractivity contribution in [3.8, 4) is 0 Å². The highest BCUT2D eigenvalue weighted by Crippen LogP contribution is 2.22. The van der Waals surface area contributed by atoms with Gasteiger partial charge in [-0.05, 0) is 19.3 Å². The Hall–Kier alpha value is -0.0800. The third kappa shape index (κ3) is 1.96. The summed E-state index contributed by atoms with van der Waals surface area (Å²) < 4.78 is 5.10. The lowest BCUT2D eigenvalue weighted by Gasteiger charge is -2.27. The van der Waals surface area contributed by atoms with Crippen molar-refractivity contribution in [3.63, 3.8) is 0 Å². The quantitative estimate of drug-likeness (QED) is 0.637. The Morgan fingerprint density at radius 2 is 2.40 bits per heavy atom. The monoisotopic (exact) mass is 144 g/mol. The standard InChI is InChI=1S/C8H16O2/c1-2-4-7-5-3-6-10-8(7)9/h7-9H,2-6H2,1H3. The summed E-state index contributed by atoms with van der Waals surface area (Å²) >= 11 is 0. The topological polar surface area (TPSA) is 29.5 Å². The summed E-state index contributed by atoms with van der Waals surface area (Å²) in [7, 11) is 0. The summed E-state index contributed by atoms with van der Waals surface area (Å²) in [6.07, 6.45) is 4.01. The van der Waals surface area contributed by atoms with Gasteiger partial charge in [0.1, 0.15) is 0 Å². The molecule has 0 aromatic carbocycles. The van der Waals surface area contributed by atoms with Crippen LogP contribution in [-0.4, -0.2) is 18.0 Å². The molecule has 1 aliphatic rings. The van der Waals surface area contributed by atoms with Crippen LogP contribution in [0.2, 0.25) is 0 Å². The molecule has 1 saturated heterocycles. The molecule has 1 N–H and O–H groups in total. The Bertz CT molecular complexity index is 91.3. The highest BCUT2D eigenvalue weighted by Gasteiger charge is 2.22. The van der Waals surface area contributed by atoms with E-state index >= 15 is 0 Å². The molecular formula is C8H16O2. The van der Waals surface area contributed by atoms with Crippen LogP contribution in [0.3, 0.4) is 0 Å². The minimum Gasteiger partial charge on any atom is -0.368 e. The van der Waals surface area contributed by atoms with Crippen molar-refractivity contribution < 1.29 is 9.84 Å². The Morgan fingerprint density at radius 3 is 3.00 bits per heavy atom. The van der Waals surface area contributed by atoms with Gasteiger partial charge in [-0.25, -0.2) is 0 Å². The van der Waals surface area contributed by atoms with Gasteiger partial charge in [0, 0.05) is 12.5 Å². The maximum Gasteiger partial charge on any atom is 0.157 e. The van der Waals surface area contributed by atoms with Gasteiger partial charge in [-0.1, -0.05) is 13.3 Å². The average molecular weight is 144 g/mol. The molecule has 1 fully saturated rings. The second-order valence-corrected chi connectivity index (χ2v) is 2.95. The molecule has 60 valence electrons. The predicted molar refractivity (Wildman–Crippen MR) is 39.6 cm³/mol. The smallest absolute Gasteiger partial charge is 0.157 e. The second-order valence-electron chi connectivity index (χ2n) is 2.95. The lowest BCUT2D eigenvalue weighted by Crippen LogP contribution is -2.28. The molecule has 0 aromatic heterocycles. The molecule has 2 atom stereocenters. The molecule has 2 nitrogen and oxygen atoms in total. The van der Waals surface area contributed by atoms with E-state index < -0.39 is 6.29 Å². The van der Waals surface area contributed by atoms with Crippen LogP contribution in [0.15, 0.2) is 0 Å². The van der Waals surface area contributed by atoms with Crippen LogP contribution >= 0.6 is 0 Å². The Morgan fingerprint density at radius 1 is 1.60 bits per heavy atom. The molecular weight excluding hydrogens is 128 g/mol. The molecule has 1 aliphatic heterocycles. The van der Waals surface area contributed by atoms with E-state index in [1.54, 1.807) is 0 Å². The minimum atomic E-state index is -0.478. The van der Waals surface area contributed by atoms with E-state index in [9.17, 15) is 5.11 Å². The predicted octanol–water partition coefficient (Wildman–Crippen LogP) is 1.53. The van der Waals surface area contributed by atoms with Gasteiger partial charge < -0.3 is 9.84 Å². The van der Waals surface area contributed by atoms with Gasteiger partial charge in [0.25, 0.3) is 0 Å². The van der Waals surface area contributed by atoms with E-state index in [1.165, 1.54) is 0 Å². The van der Waals surface area contributed by atoms with Crippen LogP contribution in [-0.2, 0) is 4.74 Å². The lowest BCUT2D eigenvalue weighted by molar-refractivity contribution is -0.159. The van der Waals surface area contributed by atoms with Crippen molar-refractivity contribution in [2.75, 3.05) is 6.61 Å². The summed E-state index contributed by atoms with van der Waals surface area (Å²) in [5, 5.41) is 9.28. The molecule has 1 heterocycles. The second kappa shape index (κ2) is 3.94. The van der Waals surface area contributed by atoms with Crippen LogP contribution in [0.4, 0.5) is 0 Å². The molecule has 0 aromatic rings. The van der Waals surface area contributed by atoms with E-state index in [0.29, 0.717) is 5.92 Å². The molecule has 0 spiro atoms. The van der Waals surface area contributed by atoms with Crippen LogP contribution in [0.1, 0.15) is 32.6 Å². The largest absolute Gasteiger partial charge is 0.368 e. The number of aliphatic hydroxyl groups excluding tert-OH is 1. The number of rotatable bonds is 2. The zero-order chi connectivity index (χ0) is 7.40. The molecule has 0 radical (unpaired) electrons. The van der Waals surface area contributed by atoms with Gasteiger partial charge in [0.2, 0.25) is 0 Å². The molecule has 0 amide bonds. The number of hydrogen-bond acceptors (Lipinski definition) is 2. The van der Waals surface area contributed by atoms with Gasteiger partial charge in [-0.2, -0.15) is 0 Å². The fourth-order valence-corrected chi connectivity index (χ4v) is 1.49. The van der Waals surface area contributed by atoms with Gasteiger partial charge in [0.15, 0.2) is 6.29 Å². The first-order valence-corrected chi connectivity index (χ1v) is 4.14. The fourth-order valence-electron chi connectivity index (χ4n) is 1.49. The highest BCUT2D eigenvalue weighted by molar-refractivity contribution is 4.65. The minimum absolute atomic E-state index is 0.402. The van der Waals surface area contributed by atoms with Crippen LogP contribution in [0.5, 0.6) is 0 Å². The normalized spacial score (nSPS) is 34.2. The van der Waals surface area contributed by atoms with Crippen molar-refractivity contribution in [1.29, 1.82) is 0 Å². The summed E-state index contributed by atoms with van der Waals surface area (Å²) in [5.41, 5.74) is 0. The first-order chi connectivity index (χ1) is 4.84. The molecule has 0 bridgehead atoms.